The van der Waals surface area contributed by atoms with Crippen molar-refractivity contribution in [1.29, 1.82) is 0 Å². The zero-order valence-corrected chi connectivity index (χ0v) is 14.1. The normalized spacial score (nSPS) is 27.8. The Morgan fingerprint density at radius 3 is 3.08 bits per heavy atom. The van der Waals surface area contributed by atoms with Crippen LogP contribution in [0, 0.1) is 11.8 Å². The lowest BCUT2D eigenvalue weighted by atomic mass is 9.92. The van der Waals surface area contributed by atoms with Crippen LogP contribution in [0.2, 0.25) is 0 Å². The number of hydrogen-bond acceptors (Lipinski definition) is 5. The van der Waals surface area contributed by atoms with Crippen LogP contribution in [0.25, 0.3) is 0 Å². The number of hydrogen-bond donors (Lipinski definition) is 1. The Morgan fingerprint density at radius 2 is 2.21 bits per heavy atom. The second-order valence-corrected chi connectivity index (χ2v) is 7.57. The van der Waals surface area contributed by atoms with E-state index in [0.717, 1.165) is 25.0 Å². The molecule has 0 fully saturated rings. The van der Waals surface area contributed by atoms with Crippen molar-refractivity contribution in [2.75, 3.05) is 5.32 Å². The van der Waals surface area contributed by atoms with Crippen molar-refractivity contribution in [1.82, 2.24) is 4.98 Å². The number of fused-ring (bicyclic) bond motifs is 2. The minimum atomic E-state index is -0.580. The van der Waals surface area contributed by atoms with E-state index in [1.807, 2.05) is 24.3 Å². The zero-order valence-electron chi connectivity index (χ0n) is 13.3. The van der Waals surface area contributed by atoms with Crippen LogP contribution >= 0.6 is 11.3 Å². The van der Waals surface area contributed by atoms with Crippen molar-refractivity contribution in [3.8, 4) is 0 Å². The number of ether oxygens (including phenoxy) is 1. The van der Waals surface area contributed by atoms with Gasteiger partial charge in [0.15, 0.2) is 5.13 Å². The molecule has 1 aliphatic heterocycles. The molecule has 1 aromatic rings. The van der Waals surface area contributed by atoms with Gasteiger partial charge in [-0.15, -0.1) is 11.3 Å². The molecule has 4 rings (SSSR count). The summed E-state index contributed by atoms with van der Waals surface area (Å²) in [5.41, 5.74) is 1.13. The molecule has 24 heavy (non-hydrogen) atoms. The molecule has 124 valence electrons. The SMILES string of the molecule is C[C@@H]1CCc2nc(NC(=O)C3=C[C@@H]4C=CC=C[C@H]4OC3=O)sc2C1. The zero-order chi connectivity index (χ0) is 16.7. The molecule has 5 nitrogen and oxygen atoms in total. The van der Waals surface area contributed by atoms with E-state index in [1.165, 1.54) is 16.2 Å². The number of thiazole rings is 1. The van der Waals surface area contributed by atoms with E-state index < -0.39 is 11.9 Å². The summed E-state index contributed by atoms with van der Waals surface area (Å²) in [6.07, 6.45) is 11.9. The Morgan fingerprint density at radius 1 is 1.38 bits per heavy atom. The smallest absolute Gasteiger partial charge is 0.344 e. The molecule has 1 aromatic heterocycles. The Bertz CT molecular complexity index is 790. The molecular weight excluding hydrogens is 324 g/mol. The Hall–Kier alpha value is -2.21. The average Bonchev–Trinajstić information content (AvgIpc) is 2.95. The summed E-state index contributed by atoms with van der Waals surface area (Å²) in [6, 6.07) is 0. The predicted octanol–water partition coefficient (Wildman–Crippen LogP) is 2.80. The van der Waals surface area contributed by atoms with Crippen molar-refractivity contribution in [2.24, 2.45) is 11.8 Å². The molecule has 0 spiro atoms. The van der Waals surface area contributed by atoms with Gasteiger partial charge in [-0.1, -0.05) is 31.2 Å². The van der Waals surface area contributed by atoms with Crippen LogP contribution in [0.1, 0.15) is 23.9 Å². The van der Waals surface area contributed by atoms with Crippen molar-refractivity contribution in [2.45, 2.75) is 32.3 Å². The van der Waals surface area contributed by atoms with Gasteiger partial charge in [0.05, 0.1) is 5.69 Å². The Balaban J connectivity index is 1.52. The first-order valence-corrected chi connectivity index (χ1v) is 8.99. The third-order valence-electron chi connectivity index (χ3n) is 4.60. The van der Waals surface area contributed by atoms with Crippen LogP contribution in [0.4, 0.5) is 5.13 Å². The van der Waals surface area contributed by atoms with Gasteiger partial charge in [-0.2, -0.15) is 0 Å². The molecule has 6 heteroatoms. The molecule has 1 amide bonds. The number of anilines is 1. The second-order valence-electron chi connectivity index (χ2n) is 6.49. The van der Waals surface area contributed by atoms with Crippen LogP contribution in [-0.2, 0) is 27.2 Å². The van der Waals surface area contributed by atoms with Crippen molar-refractivity contribution in [3.05, 3.63) is 46.5 Å². The lowest BCUT2D eigenvalue weighted by molar-refractivity contribution is -0.145. The van der Waals surface area contributed by atoms with Crippen LogP contribution in [0.15, 0.2) is 36.0 Å². The number of nitrogens with zero attached hydrogens (tertiary/aromatic N) is 1. The number of amides is 1. The molecule has 0 radical (unpaired) electrons. The molecule has 2 heterocycles. The molecule has 3 aliphatic rings. The maximum atomic E-state index is 12.5. The van der Waals surface area contributed by atoms with Gasteiger partial charge in [0.2, 0.25) is 0 Å². The highest BCUT2D eigenvalue weighted by molar-refractivity contribution is 7.15. The fourth-order valence-electron chi connectivity index (χ4n) is 3.25. The van der Waals surface area contributed by atoms with Crippen molar-refractivity contribution >= 4 is 28.3 Å². The summed E-state index contributed by atoms with van der Waals surface area (Å²) < 4.78 is 5.33. The highest BCUT2D eigenvalue weighted by Gasteiger charge is 2.33. The summed E-state index contributed by atoms with van der Waals surface area (Å²) >= 11 is 1.51. The van der Waals surface area contributed by atoms with Crippen LogP contribution in [-0.4, -0.2) is 23.0 Å². The number of esters is 1. The molecule has 0 saturated carbocycles. The summed E-state index contributed by atoms with van der Waals surface area (Å²) in [4.78, 5) is 30.3. The topological polar surface area (TPSA) is 68.3 Å². The average molecular weight is 342 g/mol. The van der Waals surface area contributed by atoms with Gasteiger partial charge in [0.1, 0.15) is 11.7 Å². The fraction of sp³-hybridized carbons (Fsp3) is 0.389. The number of rotatable bonds is 2. The predicted molar refractivity (Wildman–Crippen MR) is 91.7 cm³/mol. The van der Waals surface area contributed by atoms with Crippen molar-refractivity contribution < 1.29 is 14.3 Å². The minimum Gasteiger partial charge on any atom is -0.453 e. The van der Waals surface area contributed by atoms with E-state index in [4.69, 9.17) is 4.74 Å². The number of carbonyl (C=O) groups is 2. The Labute approximate surface area is 144 Å². The molecule has 0 aromatic carbocycles. The van der Waals surface area contributed by atoms with E-state index in [1.54, 1.807) is 6.08 Å². The van der Waals surface area contributed by atoms with E-state index in [0.29, 0.717) is 11.0 Å². The van der Waals surface area contributed by atoms with Gasteiger partial charge in [0, 0.05) is 10.8 Å². The van der Waals surface area contributed by atoms with Crippen molar-refractivity contribution in [3.63, 3.8) is 0 Å². The molecule has 0 bridgehead atoms. The molecule has 0 saturated heterocycles. The third-order valence-corrected chi connectivity index (χ3v) is 5.63. The lowest BCUT2D eigenvalue weighted by Gasteiger charge is -2.26. The maximum absolute atomic E-state index is 12.5. The molecule has 3 atom stereocenters. The first-order valence-electron chi connectivity index (χ1n) is 8.18. The number of carbonyl (C=O) groups excluding carboxylic acids is 2. The summed E-state index contributed by atoms with van der Waals surface area (Å²) in [5, 5.41) is 3.33. The largest absolute Gasteiger partial charge is 0.453 e. The van der Waals surface area contributed by atoms with Gasteiger partial charge in [-0.25, -0.2) is 9.78 Å². The molecule has 0 unspecified atom stereocenters. The number of aromatic nitrogens is 1. The van der Waals surface area contributed by atoms with E-state index in [-0.39, 0.29) is 17.6 Å². The Kier molecular flexibility index (Phi) is 3.84. The standard InChI is InChI=1S/C18H18N2O3S/c1-10-6-7-13-15(8-10)24-18(19-13)20-16(21)12-9-11-4-2-3-5-14(11)23-17(12)22/h2-5,9-11,14H,6-8H2,1H3,(H,19,20,21)/t10-,11+,14-/m1/s1. The first-order chi connectivity index (χ1) is 11.6. The fourth-order valence-corrected chi connectivity index (χ4v) is 4.41. The van der Waals surface area contributed by atoms with E-state index in [2.05, 4.69) is 17.2 Å². The second kappa shape index (κ2) is 6.02. The quantitative estimate of drug-likeness (QED) is 0.663. The van der Waals surface area contributed by atoms with E-state index in [9.17, 15) is 9.59 Å². The highest BCUT2D eigenvalue weighted by Crippen LogP contribution is 2.32. The molecule has 2 aliphatic carbocycles. The third kappa shape index (κ3) is 2.82. The monoisotopic (exact) mass is 342 g/mol. The van der Waals surface area contributed by atoms with E-state index >= 15 is 0 Å². The molecule has 1 N–H and O–H groups in total. The minimum absolute atomic E-state index is 0.0535. The summed E-state index contributed by atoms with van der Waals surface area (Å²) in [6.45, 7) is 2.23. The van der Waals surface area contributed by atoms with Crippen LogP contribution < -0.4 is 5.32 Å². The van der Waals surface area contributed by atoms with Gasteiger partial charge in [-0.05, 0) is 31.3 Å². The van der Waals surface area contributed by atoms with Gasteiger partial charge >= 0.3 is 5.97 Å². The van der Waals surface area contributed by atoms with Gasteiger partial charge in [0.25, 0.3) is 5.91 Å². The maximum Gasteiger partial charge on any atom is 0.344 e. The van der Waals surface area contributed by atoms with Crippen LogP contribution in [0.3, 0.4) is 0 Å². The van der Waals surface area contributed by atoms with Gasteiger partial charge in [-0.3, -0.25) is 10.1 Å². The summed E-state index contributed by atoms with van der Waals surface area (Å²) in [5.74, 6) is -0.455. The highest BCUT2D eigenvalue weighted by atomic mass is 32.1. The van der Waals surface area contributed by atoms with Crippen LogP contribution in [0.5, 0.6) is 0 Å². The van der Waals surface area contributed by atoms with Gasteiger partial charge < -0.3 is 4.74 Å². The molecular formula is C18H18N2O3S. The summed E-state index contributed by atoms with van der Waals surface area (Å²) in [7, 11) is 0. The number of nitrogens with one attached hydrogen (secondary N) is 1. The number of allylic oxidation sites excluding steroid dienone is 2. The number of aryl methyl sites for hydroxylation is 1. The first kappa shape index (κ1) is 15.3. The lowest BCUT2D eigenvalue weighted by Crippen LogP contribution is -2.34.